The summed E-state index contributed by atoms with van der Waals surface area (Å²) in [5.41, 5.74) is -0.773. The van der Waals surface area contributed by atoms with Gasteiger partial charge in [-0.05, 0) is 23.6 Å². The smallest absolute Gasteiger partial charge is 0.166 e. The number of hydrogen-bond donors (Lipinski definition) is 0. The van der Waals surface area contributed by atoms with Crippen molar-refractivity contribution in [2.75, 3.05) is 0 Å². The standard InChI is InChI=1S/C9H4ClF3S/c10-8-5-3-4-14-7(5)2-1-6(8)9(11,12)13/h1-4H. The fraction of sp³-hybridized carbons (Fsp3) is 0.111. The fourth-order valence-electron chi connectivity index (χ4n) is 1.23. The summed E-state index contributed by atoms with van der Waals surface area (Å²) in [6.45, 7) is 0. The van der Waals surface area contributed by atoms with Gasteiger partial charge in [0, 0.05) is 10.1 Å². The number of hydrogen-bond acceptors (Lipinski definition) is 1. The maximum Gasteiger partial charge on any atom is 0.417 e. The zero-order chi connectivity index (χ0) is 10.3. The summed E-state index contributed by atoms with van der Waals surface area (Å²) in [6.07, 6.45) is -4.38. The van der Waals surface area contributed by atoms with Gasteiger partial charge >= 0.3 is 6.18 Å². The van der Waals surface area contributed by atoms with E-state index >= 15 is 0 Å². The Morgan fingerprint density at radius 3 is 2.50 bits per heavy atom. The van der Waals surface area contributed by atoms with Crippen molar-refractivity contribution in [2.45, 2.75) is 6.18 Å². The predicted molar refractivity (Wildman–Crippen MR) is 51.8 cm³/mol. The molecule has 2 aromatic rings. The Hall–Kier alpha value is -0.740. The second-order valence-corrected chi connectivity index (χ2v) is 4.08. The summed E-state index contributed by atoms with van der Waals surface area (Å²) in [7, 11) is 0. The third-order valence-electron chi connectivity index (χ3n) is 1.87. The van der Waals surface area contributed by atoms with Gasteiger partial charge in [0.15, 0.2) is 0 Å². The van der Waals surface area contributed by atoms with Crippen molar-refractivity contribution in [2.24, 2.45) is 0 Å². The molecule has 5 heteroatoms. The summed E-state index contributed by atoms with van der Waals surface area (Å²) in [5, 5.41) is 1.97. The van der Waals surface area contributed by atoms with Crippen molar-refractivity contribution in [1.82, 2.24) is 0 Å². The molecule has 1 aromatic heterocycles. The topological polar surface area (TPSA) is 0 Å². The van der Waals surface area contributed by atoms with E-state index in [1.807, 2.05) is 0 Å². The highest BCUT2D eigenvalue weighted by molar-refractivity contribution is 7.17. The first-order valence-corrected chi connectivity index (χ1v) is 4.99. The molecule has 0 aliphatic rings. The Kier molecular flexibility index (Phi) is 2.20. The van der Waals surface area contributed by atoms with Gasteiger partial charge in [-0.25, -0.2) is 0 Å². The average molecular weight is 237 g/mol. The van der Waals surface area contributed by atoms with Crippen LogP contribution in [0.4, 0.5) is 13.2 Å². The molecule has 1 aromatic carbocycles. The minimum absolute atomic E-state index is 0.212. The molecular weight excluding hydrogens is 233 g/mol. The van der Waals surface area contributed by atoms with E-state index in [1.54, 1.807) is 11.4 Å². The third kappa shape index (κ3) is 1.48. The van der Waals surface area contributed by atoms with Crippen molar-refractivity contribution < 1.29 is 13.2 Å². The van der Waals surface area contributed by atoms with Crippen LogP contribution in [0.3, 0.4) is 0 Å². The zero-order valence-electron chi connectivity index (χ0n) is 6.73. The molecule has 0 saturated carbocycles. The van der Waals surface area contributed by atoms with E-state index in [4.69, 9.17) is 11.6 Å². The monoisotopic (exact) mass is 236 g/mol. The Bertz CT molecular complexity index is 472. The Labute approximate surface area is 86.9 Å². The van der Waals surface area contributed by atoms with E-state index in [9.17, 15) is 13.2 Å². The van der Waals surface area contributed by atoms with Crippen molar-refractivity contribution in [3.05, 3.63) is 34.2 Å². The molecule has 0 spiro atoms. The first kappa shape index (κ1) is 9.80. The van der Waals surface area contributed by atoms with E-state index in [1.165, 1.54) is 17.4 Å². The zero-order valence-corrected chi connectivity index (χ0v) is 8.30. The highest BCUT2D eigenvalue weighted by Crippen LogP contribution is 2.39. The van der Waals surface area contributed by atoms with E-state index in [0.717, 1.165) is 10.8 Å². The van der Waals surface area contributed by atoms with Crippen LogP contribution in [0.25, 0.3) is 10.1 Å². The lowest BCUT2D eigenvalue weighted by atomic mass is 10.1. The molecule has 0 amide bonds. The molecule has 1 heterocycles. The van der Waals surface area contributed by atoms with Crippen LogP contribution in [0, 0.1) is 0 Å². The van der Waals surface area contributed by atoms with Crippen molar-refractivity contribution in [3.63, 3.8) is 0 Å². The number of halogens is 4. The summed E-state index contributed by atoms with van der Waals surface area (Å²) in [4.78, 5) is 0. The molecule has 0 aliphatic carbocycles. The molecule has 0 fully saturated rings. The fourth-order valence-corrected chi connectivity index (χ4v) is 2.41. The number of rotatable bonds is 0. The van der Waals surface area contributed by atoms with Gasteiger partial charge in [-0.3, -0.25) is 0 Å². The maximum absolute atomic E-state index is 12.4. The van der Waals surface area contributed by atoms with Gasteiger partial charge in [0.2, 0.25) is 0 Å². The molecule has 0 N–H and O–H groups in total. The van der Waals surface area contributed by atoms with Gasteiger partial charge in [-0.15, -0.1) is 11.3 Å². The van der Waals surface area contributed by atoms with Crippen LogP contribution in [-0.2, 0) is 6.18 Å². The summed E-state index contributed by atoms with van der Waals surface area (Å²) < 4.78 is 38.0. The second kappa shape index (κ2) is 3.14. The van der Waals surface area contributed by atoms with Crippen LogP contribution in [0.2, 0.25) is 5.02 Å². The minimum atomic E-state index is -4.38. The molecule has 0 atom stereocenters. The molecule has 0 saturated heterocycles. The van der Waals surface area contributed by atoms with Crippen LogP contribution in [0.15, 0.2) is 23.6 Å². The molecule has 0 radical (unpaired) electrons. The first-order valence-electron chi connectivity index (χ1n) is 3.73. The van der Waals surface area contributed by atoms with Crippen molar-refractivity contribution in [3.8, 4) is 0 Å². The van der Waals surface area contributed by atoms with Gasteiger partial charge in [0.1, 0.15) is 0 Å². The van der Waals surface area contributed by atoms with Gasteiger partial charge < -0.3 is 0 Å². The molecule has 0 bridgehead atoms. The molecule has 0 unspecified atom stereocenters. The SMILES string of the molecule is FC(F)(F)c1ccc2sccc2c1Cl. The average Bonchev–Trinajstić information content (AvgIpc) is 2.50. The van der Waals surface area contributed by atoms with Gasteiger partial charge in [0.05, 0.1) is 10.6 Å². The Morgan fingerprint density at radius 2 is 1.86 bits per heavy atom. The largest absolute Gasteiger partial charge is 0.417 e. The van der Waals surface area contributed by atoms with Crippen LogP contribution in [0.5, 0.6) is 0 Å². The maximum atomic E-state index is 12.4. The summed E-state index contributed by atoms with van der Waals surface area (Å²) in [5.74, 6) is 0. The summed E-state index contributed by atoms with van der Waals surface area (Å²) >= 11 is 7.02. The van der Waals surface area contributed by atoms with Gasteiger partial charge in [0.25, 0.3) is 0 Å². The van der Waals surface area contributed by atoms with Crippen LogP contribution in [0.1, 0.15) is 5.56 Å². The van der Waals surface area contributed by atoms with Crippen molar-refractivity contribution >= 4 is 33.0 Å². The molecule has 74 valence electrons. The van der Waals surface area contributed by atoms with Crippen LogP contribution in [-0.4, -0.2) is 0 Å². The third-order valence-corrected chi connectivity index (χ3v) is 3.16. The van der Waals surface area contributed by atoms with E-state index in [2.05, 4.69) is 0 Å². The molecule has 14 heavy (non-hydrogen) atoms. The number of fused-ring (bicyclic) bond motifs is 1. The highest BCUT2D eigenvalue weighted by Gasteiger charge is 2.33. The predicted octanol–water partition coefficient (Wildman–Crippen LogP) is 4.57. The van der Waals surface area contributed by atoms with E-state index < -0.39 is 11.7 Å². The van der Waals surface area contributed by atoms with Crippen LogP contribution < -0.4 is 0 Å². The van der Waals surface area contributed by atoms with Crippen molar-refractivity contribution in [1.29, 1.82) is 0 Å². The lowest BCUT2D eigenvalue weighted by Gasteiger charge is -2.08. The van der Waals surface area contributed by atoms with Gasteiger partial charge in [-0.2, -0.15) is 13.2 Å². The molecular formula is C9H4ClF3S. The quantitative estimate of drug-likeness (QED) is 0.628. The second-order valence-electron chi connectivity index (χ2n) is 2.76. The minimum Gasteiger partial charge on any atom is -0.166 e. The van der Waals surface area contributed by atoms with E-state index in [0.29, 0.717) is 5.39 Å². The number of alkyl halides is 3. The number of thiophene rings is 1. The Balaban J connectivity index is 2.74. The van der Waals surface area contributed by atoms with Gasteiger partial charge in [-0.1, -0.05) is 11.6 Å². The Morgan fingerprint density at radius 1 is 1.14 bits per heavy atom. The summed E-state index contributed by atoms with van der Waals surface area (Å²) in [6, 6.07) is 4.05. The normalized spacial score (nSPS) is 12.3. The molecule has 0 nitrogen and oxygen atoms in total. The lowest BCUT2D eigenvalue weighted by molar-refractivity contribution is -0.137. The molecule has 0 aliphatic heterocycles. The van der Waals surface area contributed by atoms with Crippen LogP contribution >= 0.6 is 22.9 Å². The molecule has 2 rings (SSSR count). The lowest BCUT2D eigenvalue weighted by Crippen LogP contribution is -2.05. The highest BCUT2D eigenvalue weighted by atomic mass is 35.5. The van der Waals surface area contributed by atoms with E-state index in [-0.39, 0.29) is 5.02 Å². The number of benzene rings is 1. The first-order chi connectivity index (χ1) is 6.50.